The maximum absolute atomic E-state index is 12.8. The molecule has 2 N–H and O–H groups in total. The number of nitrogens with two attached hydrogens (primary N) is 1. The molecule has 136 valence electrons. The molecule has 2 aromatic rings. The summed E-state index contributed by atoms with van der Waals surface area (Å²) >= 11 is 0. The van der Waals surface area contributed by atoms with Crippen LogP contribution in [0.5, 0.6) is 0 Å². The molecule has 8 heteroatoms. The van der Waals surface area contributed by atoms with E-state index in [-0.39, 0.29) is 36.8 Å². The van der Waals surface area contributed by atoms with Crippen LogP contribution in [0, 0.1) is 0 Å². The Balaban J connectivity index is 0.00000113. The summed E-state index contributed by atoms with van der Waals surface area (Å²) in [6.07, 6.45) is 2.40. The zero-order chi connectivity index (χ0) is 16.0. The molecule has 0 radical (unpaired) electrons. The van der Waals surface area contributed by atoms with Gasteiger partial charge in [-0.3, -0.25) is 4.79 Å². The van der Waals surface area contributed by atoms with Gasteiger partial charge >= 0.3 is 0 Å². The molecular formula is C17H23Cl2N5O. The lowest BCUT2D eigenvalue weighted by atomic mass is 10.1. The van der Waals surface area contributed by atoms with Crippen molar-refractivity contribution in [2.75, 3.05) is 6.54 Å². The number of aromatic nitrogens is 3. The van der Waals surface area contributed by atoms with Gasteiger partial charge in [0.1, 0.15) is 11.9 Å². The molecule has 1 aliphatic carbocycles. The normalized spacial score (nSPS) is 20.1. The predicted octanol–water partition coefficient (Wildman–Crippen LogP) is 2.60. The number of carbonyl (C=O) groups is 1. The van der Waals surface area contributed by atoms with Crippen molar-refractivity contribution in [3.05, 3.63) is 47.5 Å². The van der Waals surface area contributed by atoms with E-state index in [9.17, 15) is 4.79 Å². The molecule has 1 aliphatic heterocycles. The maximum atomic E-state index is 12.8. The second-order valence-corrected chi connectivity index (χ2v) is 6.57. The SMILES string of the molecule is C[C@H]1CN(C(=O)[C@H](N)c2ccccc2)Cc2nnc(C3CC3)n21.Cl.Cl. The molecule has 4 rings (SSSR count). The number of carbonyl (C=O) groups excluding carboxylic acids is 1. The second-order valence-electron chi connectivity index (χ2n) is 6.57. The van der Waals surface area contributed by atoms with E-state index in [0.717, 1.165) is 17.2 Å². The van der Waals surface area contributed by atoms with Crippen LogP contribution in [0.3, 0.4) is 0 Å². The van der Waals surface area contributed by atoms with Crippen molar-refractivity contribution in [1.82, 2.24) is 19.7 Å². The predicted molar refractivity (Wildman–Crippen MR) is 100.0 cm³/mol. The molecule has 2 aliphatic rings. The Morgan fingerprint density at radius 2 is 1.88 bits per heavy atom. The Morgan fingerprint density at radius 1 is 1.20 bits per heavy atom. The Kier molecular flexibility index (Phi) is 6.08. The van der Waals surface area contributed by atoms with Gasteiger partial charge in [0.25, 0.3) is 0 Å². The number of benzene rings is 1. The van der Waals surface area contributed by atoms with Gasteiger partial charge in [-0.25, -0.2) is 0 Å². The zero-order valence-corrected chi connectivity index (χ0v) is 15.7. The van der Waals surface area contributed by atoms with Crippen LogP contribution in [-0.2, 0) is 11.3 Å². The molecule has 1 aromatic carbocycles. The lowest BCUT2D eigenvalue weighted by Crippen LogP contribution is -2.44. The molecule has 1 fully saturated rings. The van der Waals surface area contributed by atoms with Crippen LogP contribution < -0.4 is 5.73 Å². The van der Waals surface area contributed by atoms with Crippen LogP contribution in [0.25, 0.3) is 0 Å². The fraction of sp³-hybridized carbons (Fsp3) is 0.471. The Labute approximate surface area is 159 Å². The summed E-state index contributed by atoms with van der Waals surface area (Å²) in [5, 5.41) is 8.66. The van der Waals surface area contributed by atoms with Crippen LogP contribution in [0.4, 0.5) is 0 Å². The van der Waals surface area contributed by atoms with E-state index in [1.54, 1.807) is 0 Å². The number of fused-ring (bicyclic) bond motifs is 1. The first-order valence-electron chi connectivity index (χ1n) is 8.18. The van der Waals surface area contributed by atoms with Gasteiger partial charge < -0.3 is 15.2 Å². The summed E-state index contributed by atoms with van der Waals surface area (Å²) in [5.41, 5.74) is 7.01. The highest BCUT2D eigenvalue weighted by Crippen LogP contribution is 2.41. The molecular weight excluding hydrogens is 361 g/mol. The van der Waals surface area contributed by atoms with E-state index in [1.807, 2.05) is 35.2 Å². The fourth-order valence-electron chi connectivity index (χ4n) is 3.35. The summed E-state index contributed by atoms with van der Waals surface area (Å²) in [6.45, 7) is 3.26. The summed E-state index contributed by atoms with van der Waals surface area (Å²) in [6, 6.07) is 9.08. The van der Waals surface area contributed by atoms with Crippen LogP contribution in [0.1, 0.15) is 55.0 Å². The lowest BCUT2D eigenvalue weighted by molar-refractivity contribution is -0.134. The van der Waals surface area contributed by atoms with Crippen molar-refractivity contribution < 1.29 is 4.79 Å². The van der Waals surface area contributed by atoms with Crippen molar-refractivity contribution in [1.29, 1.82) is 0 Å². The average molecular weight is 384 g/mol. The quantitative estimate of drug-likeness (QED) is 0.883. The monoisotopic (exact) mass is 383 g/mol. The minimum absolute atomic E-state index is 0. The molecule has 2 atom stereocenters. The molecule has 0 unspecified atom stereocenters. The van der Waals surface area contributed by atoms with Gasteiger partial charge in [-0.15, -0.1) is 35.0 Å². The third-order valence-corrected chi connectivity index (χ3v) is 4.73. The van der Waals surface area contributed by atoms with Crippen molar-refractivity contribution in [2.45, 2.75) is 44.3 Å². The zero-order valence-electron chi connectivity index (χ0n) is 14.0. The molecule has 0 spiro atoms. The van der Waals surface area contributed by atoms with Gasteiger partial charge in [-0.1, -0.05) is 30.3 Å². The van der Waals surface area contributed by atoms with Gasteiger partial charge in [-0.05, 0) is 25.3 Å². The maximum Gasteiger partial charge on any atom is 0.244 e. The smallest absolute Gasteiger partial charge is 0.244 e. The van der Waals surface area contributed by atoms with E-state index < -0.39 is 6.04 Å². The van der Waals surface area contributed by atoms with Crippen LogP contribution >= 0.6 is 24.8 Å². The molecule has 1 amide bonds. The minimum Gasteiger partial charge on any atom is -0.331 e. The van der Waals surface area contributed by atoms with Crippen molar-refractivity contribution in [2.24, 2.45) is 5.73 Å². The molecule has 25 heavy (non-hydrogen) atoms. The molecule has 6 nitrogen and oxygen atoms in total. The van der Waals surface area contributed by atoms with Crippen molar-refractivity contribution >= 4 is 30.7 Å². The minimum atomic E-state index is -0.624. The number of amides is 1. The van der Waals surface area contributed by atoms with Crippen LogP contribution in [0.2, 0.25) is 0 Å². The number of nitrogens with zero attached hydrogens (tertiary/aromatic N) is 4. The summed E-state index contributed by atoms with van der Waals surface area (Å²) in [4.78, 5) is 14.6. The Bertz CT molecular complexity index is 732. The topological polar surface area (TPSA) is 77.0 Å². The first-order valence-corrected chi connectivity index (χ1v) is 8.18. The third-order valence-electron chi connectivity index (χ3n) is 4.73. The first kappa shape index (κ1) is 19.7. The first-order chi connectivity index (χ1) is 11.1. The van der Waals surface area contributed by atoms with E-state index >= 15 is 0 Å². The largest absolute Gasteiger partial charge is 0.331 e. The lowest BCUT2D eigenvalue weighted by Gasteiger charge is -2.34. The molecule has 2 heterocycles. The number of rotatable bonds is 3. The van der Waals surface area contributed by atoms with E-state index in [2.05, 4.69) is 21.7 Å². The Hall–Kier alpha value is -1.63. The van der Waals surface area contributed by atoms with Crippen molar-refractivity contribution in [3.8, 4) is 0 Å². The highest BCUT2D eigenvalue weighted by molar-refractivity contribution is 5.85. The van der Waals surface area contributed by atoms with Gasteiger partial charge in [0.15, 0.2) is 5.82 Å². The Morgan fingerprint density at radius 3 is 2.52 bits per heavy atom. The highest BCUT2D eigenvalue weighted by Gasteiger charge is 2.36. The van der Waals surface area contributed by atoms with Gasteiger partial charge in [-0.2, -0.15) is 0 Å². The molecule has 1 aromatic heterocycles. The number of halogens is 2. The standard InChI is InChI=1S/C17H21N5O.2ClH/c1-11-9-21(17(23)15(18)12-5-3-2-4-6-12)10-14-19-20-16(22(11)14)13-7-8-13;;/h2-6,11,13,15H,7-10,18H2,1H3;2*1H/t11-,15+;;/m0../s1. The van der Waals surface area contributed by atoms with Crippen molar-refractivity contribution in [3.63, 3.8) is 0 Å². The van der Waals surface area contributed by atoms with Crippen LogP contribution in [0.15, 0.2) is 30.3 Å². The number of hydrogen-bond donors (Lipinski definition) is 1. The molecule has 0 saturated heterocycles. The summed E-state index contributed by atoms with van der Waals surface area (Å²) < 4.78 is 2.22. The summed E-state index contributed by atoms with van der Waals surface area (Å²) in [7, 11) is 0. The second kappa shape index (κ2) is 7.72. The average Bonchev–Trinajstić information content (AvgIpc) is 3.33. The van der Waals surface area contributed by atoms with Gasteiger partial charge in [0.2, 0.25) is 5.91 Å². The van der Waals surface area contributed by atoms with E-state index in [0.29, 0.717) is 19.0 Å². The van der Waals surface area contributed by atoms with Gasteiger partial charge in [0, 0.05) is 12.5 Å². The number of hydrogen-bond acceptors (Lipinski definition) is 4. The molecule has 0 bridgehead atoms. The van der Waals surface area contributed by atoms with Crippen LogP contribution in [-0.4, -0.2) is 32.1 Å². The highest BCUT2D eigenvalue weighted by atomic mass is 35.5. The molecule has 1 saturated carbocycles. The third kappa shape index (κ3) is 3.66. The summed E-state index contributed by atoms with van der Waals surface area (Å²) in [5.74, 6) is 2.48. The van der Waals surface area contributed by atoms with E-state index in [4.69, 9.17) is 5.73 Å². The van der Waals surface area contributed by atoms with Gasteiger partial charge in [0.05, 0.1) is 12.6 Å². The fourth-order valence-corrected chi connectivity index (χ4v) is 3.35. The van der Waals surface area contributed by atoms with E-state index in [1.165, 1.54) is 12.8 Å².